The molecule has 0 saturated heterocycles. The van der Waals surface area contributed by atoms with E-state index in [9.17, 15) is 9.50 Å². The maximum Gasteiger partial charge on any atom is 0.123 e. The number of hydrogen-bond donors (Lipinski definition) is 2. The van der Waals surface area contributed by atoms with Crippen molar-refractivity contribution in [2.45, 2.75) is 0 Å². The van der Waals surface area contributed by atoms with Crippen LogP contribution >= 0.6 is 0 Å². The molecule has 2 aromatic carbocycles. The number of allylic oxidation sites excluding steroid dienone is 1. The van der Waals surface area contributed by atoms with Crippen LogP contribution in [0.25, 0.3) is 6.08 Å². The van der Waals surface area contributed by atoms with Gasteiger partial charge in [-0.2, -0.15) is 0 Å². The third-order valence-corrected chi connectivity index (χ3v) is 2.47. The highest BCUT2D eigenvalue weighted by atomic mass is 19.1. The van der Waals surface area contributed by atoms with Crippen LogP contribution < -0.4 is 0 Å². The van der Waals surface area contributed by atoms with Crippen molar-refractivity contribution in [1.82, 2.24) is 0 Å². The standard InChI is InChI=1S/C15H12FNO/c16-13-7-5-12(6-8-13)15(17)9-4-11-2-1-3-14(18)10-11/h1-10,17-18H. The monoisotopic (exact) mass is 241 g/mol. The van der Waals surface area contributed by atoms with E-state index >= 15 is 0 Å². The Hall–Kier alpha value is -2.42. The molecule has 0 radical (unpaired) electrons. The molecule has 0 aliphatic heterocycles. The normalized spacial score (nSPS) is 10.7. The molecule has 0 fully saturated rings. The Kier molecular flexibility index (Phi) is 3.53. The summed E-state index contributed by atoms with van der Waals surface area (Å²) in [5.41, 5.74) is 1.74. The van der Waals surface area contributed by atoms with E-state index in [0.717, 1.165) is 5.56 Å². The van der Waals surface area contributed by atoms with Crippen LogP contribution in [0.15, 0.2) is 54.6 Å². The Bertz CT molecular complexity index is 588. The van der Waals surface area contributed by atoms with Gasteiger partial charge in [0.2, 0.25) is 0 Å². The van der Waals surface area contributed by atoms with Gasteiger partial charge in [0.25, 0.3) is 0 Å². The number of hydrogen-bond acceptors (Lipinski definition) is 2. The molecule has 0 atom stereocenters. The second kappa shape index (κ2) is 5.27. The van der Waals surface area contributed by atoms with Gasteiger partial charge in [-0.05, 0) is 53.6 Å². The zero-order valence-electron chi connectivity index (χ0n) is 9.60. The van der Waals surface area contributed by atoms with Crippen molar-refractivity contribution in [2.24, 2.45) is 0 Å². The highest BCUT2D eigenvalue weighted by molar-refractivity contribution is 6.08. The molecule has 0 spiro atoms. The molecule has 90 valence electrons. The summed E-state index contributed by atoms with van der Waals surface area (Å²) in [7, 11) is 0. The molecular formula is C15H12FNO. The summed E-state index contributed by atoms with van der Waals surface area (Å²) >= 11 is 0. The third kappa shape index (κ3) is 3.04. The summed E-state index contributed by atoms with van der Waals surface area (Å²) < 4.78 is 12.7. The van der Waals surface area contributed by atoms with Crippen molar-refractivity contribution in [2.75, 3.05) is 0 Å². The van der Waals surface area contributed by atoms with Crippen LogP contribution in [0, 0.1) is 11.2 Å². The quantitative estimate of drug-likeness (QED) is 0.792. The van der Waals surface area contributed by atoms with E-state index in [-0.39, 0.29) is 11.6 Å². The first kappa shape index (κ1) is 12.0. The number of benzene rings is 2. The predicted molar refractivity (Wildman–Crippen MR) is 70.4 cm³/mol. The zero-order valence-corrected chi connectivity index (χ0v) is 9.60. The molecule has 2 nitrogen and oxygen atoms in total. The van der Waals surface area contributed by atoms with Gasteiger partial charge < -0.3 is 10.5 Å². The minimum atomic E-state index is -0.316. The lowest BCUT2D eigenvalue weighted by Gasteiger charge is -1.99. The fourth-order valence-electron chi connectivity index (χ4n) is 1.53. The van der Waals surface area contributed by atoms with Crippen LogP contribution in [0.5, 0.6) is 5.75 Å². The van der Waals surface area contributed by atoms with E-state index in [1.165, 1.54) is 12.1 Å². The maximum atomic E-state index is 12.7. The lowest BCUT2D eigenvalue weighted by Crippen LogP contribution is -1.93. The van der Waals surface area contributed by atoms with Crippen LogP contribution in [0.1, 0.15) is 11.1 Å². The van der Waals surface area contributed by atoms with Gasteiger partial charge in [0.15, 0.2) is 0 Å². The van der Waals surface area contributed by atoms with Crippen LogP contribution in [0.4, 0.5) is 4.39 Å². The molecule has 0 aliphatic rings. The first-order valence-corrected chi connectivity index (χ1v) is 5.47. The van der Waals surface area contributed by atoms with E-state index in [2.05, 4.69) is 0 Å². The van der Waals surface area contributed by atoms with Crippen LogP contribution in [0.3, 0.4) is 0 Å². The SMILES string of the molecule is N=C(C=Cc1cccc(O)c1)c1ccc(F)cc1. The summed E-state index contributed by atoms with van der Waals surface area (Å²) in [5.74, 6) is -0.131. The Morgan fingerprint density at radius 3 is 2.50 bits per heavy atom. The number of phenols is 1. The summed E-state index contributed by atoms with van der Waals surface area (Å²) in [6.07, 6.45) is 3.34. The molecule has 2 N–H and O–H groups in total. The molecule has 18 heavy (non-hydrogen) atoms. The molecule has 0 unspecified atom stereocenters. The number of halogens is 1. The molecule has 0 aliphatic carbocycles. The van der Waals surface area contributed by atoms with Gasteiger partial charge in [0.05, 0.1) is 5.71 Å². The smallest absolute Gasteiger partial charge is 0.123 e. The van der Waals surface area contributed by atoms with Crippen LogP contribution in [-0.4, -0.2) is 10.8 Å². The Morgan fingerprint density at radius 1 is 1.11 bits per heavy atom. The molecule has 0 heterocycles. The molecular weight excluding hydrogens is 229 g/mol. The highest BCUT2D eigenvalue weighted by Gasteiger charge is 1.97. The lowest BCUT2D eigenvalue weighted by molar-refractivity contribution is 0.475. The van der Waals surface area contributed by atoms with E-state index < -0.39 is 0 Å². The van der Waals surface area contributed by atoms with Gasteiger partial charge in [-0.15, -0.1) is 0 Å². The van der Waals surface area contributed by atoms with Gasteiger partial charge in [-0.3, -0.25) is 0 Å². The van der Waals surface area contributed by atoms with E-state index in [1.54, 1.807) is 42.5 Å². The maximum absolute atomic E-state index is 12.7. The number of rotatable bonds is 3. The molecule has 0 bridgehead atoms. The Labute approximate surface area is 105 Å². The van der Waals surface area contributed by atoms with Crippen LogP contribution in [0.2, 0.25) is 0 Å². The summed E-state index contributed by atoms with van der Waals surface area (Å²) in [4.78, 5) is 0. The minimum absolute atomic E-state index is 0.186. The van der Waals surface area contributed by atoms with E-state index in [4.69, 9.17) is 5.41 Å². The highest BCUT2D eigenvalue weighted by Crippen LogP contribution is 2.13. The first-order chi connectivity index (χ1) is 8.65. The van der Waals surface area contributed by atoms with Crippen molar-refractivity contribution in [3.8, 4) is 5.75 Å². The molecule has 0 amide bonds. The van der Waals surface area contributed by atoms with E-state index in [0.29, 0.717) is 11.3 Å². The number of nitrogens with one attached hydrogen (secondary N) is 1. The zero-order chi connectivity index (χ0) is 13.0. The van der Waals surface area contributed by atoms with Crippen molar-refractivity contribution in [3.63, 3.8) is 0 Å². The lowest BCUT2D eigenvalue weighted by atomic mass is 10.1. The Balaban J connectivity index is 2.14. The average molecular weight is 241 g/mol. The molecule has 3 heteroatoms. The van der Waals surface area contributed by atoms with Crippen molar-refractivity contribution in [1.29, 1.82) is 5.41 Å². The largest absolute Gasteiger partial charge is 0.508 e. The number of aromatic hydroxyl groups is 1. The Morgan fingerprint density at radius 2 is 1.83 bits per heavy atom. The third-order valence-electron chi connectivity index (χ3n) is 2.47. The van der Waals surface area contributed by atoms with Crippen molar-refractivity contribution in [3.05, 3.63) is 71.6 Å². The molecule has 0 saturated carbocycles. The molecule has 2 rings (SSSR count). The van der Waals surface area contributed by atoms with Gasteiger partial charge in [0, 0.05) is 0 Å². The van der Waals surface area contributed by atoms with Crippen LogP contribution in [-0.2, 0) is 0 Å². The van der Waals surface area contributed by atoms with Gasteiger partial charge >= 0.3 is 0 Å². The fourth-order valence-corrected chi connectivity index (χ4v) is 1.53. The number of phenolic OH excluding ortho intramolecular Hbond substituents is 1. The van der Waals surface area contributed by atoms with Gasteiger partial charge in [0.1, 0.15) is 11.6 Å². The summed E-state index contributed by atoms with van der Waals surface area (Å²) in [5, 5.41) is 17.1. The first-order valence-electron chi connectivity index (χ1n) is 5.47. The second-order valence-corrected chi connectivity index (χ2v) is 3.85. The fraction of sp³-hybridized carbons (Fsp3) is 0. The molecule has 2 aromatic rings. The second-order valence-electron chi connectivity index (χ2n) is 3.85. The summed E-state index contributed by atoms with van der Waals surface area (Å²) in [6.45, 7) is 0. The minimum Gasteiger partial charge on any atom is -0.508 e. The molecule has 0 aromatic heterocycles. The average Bonchev–Trinajstić information content (AvgIpc) is 2.37. The van der Waals surface area contributed by atoms with Crippen molar-refractivity contribution >= 4 is 11.8 Å². The topological polar surface area (TPSA) is 44.1 Å². The van der Waals surface area contributed by atoms with E-state index in [1.807, 2.05) is 6.07 Å². The van der Waals surface area contributed by atoms with Gasteiger partial charge in [-0.25, -0.2) is 4.39 Å². The van der Waals surface area contributed by atoms with Crippen molar-refractivity contribution < 1.29 is 9.50 Å². The predicted octanol–water partition coefficient (Wildman–Crippen LogP) is 3.61. The van der Waals surface area contributed by atoms with Gasteiger partial charge in [-0.1, -0.05) is 18.2 Å². The summed E-state index contributed by atoms with van der Waals surface area (Å²) in [6, 6.07) is 12.5.